The Kier molecular flexibility index (Phi) is 12.7. The van der Waals surface area contributed by atoms with Gasteiger partial charge in [-0.05, 0) is 169 Å². The van der Waals surface area contributed by atoms with Gasteiger partial charge >= 0.3 is 0 Å². The SMILES string of the molecule is C=C(/C=C(\C(Br)=C\N(C1=CCCC=C1c1ccccc1)c1ccc(-c2ccccc2)cc1)N(c1cccc(C)c1)c1cccc2c1-c1ccccc1C21c2ccccc2-c2ccc(-n3c4ccccc4c4ccccc43)cc21)C(C)(C)C. The van der Waals surface area contributed by atoms with Crippen LogP contribution in [-0.4, -0.2) is 4.57 Å². The summed E-state index contributed by atoms with van der Waals surface area (Å²) in [5.74, 6) is 0. The maximum Gasteiger partial charge on any atom is 0.0727 e. The number of hydrogen-bond acceptors (Lipinski definition) is 2. The van der Waals surface area contributed by atoms with E-state index in [0.29, 0.717) is 0 Å². The molecule has 0 saturated carbocycles. The van der Waals surface area contributed by atoms with Gasteiger partial charge in [0, 0.05) is 50.9 Å². The minimum atomic E-state index is -0.636. The first-order chi connectivity index (χ1) is 40.1. The minimum Gasteiger partial charge on any atom is -0.316 e. The second kappa shape index (κ2) is 20.4. The van der Waals surface area contributed by atoms with Gasteiger partial charge in [-0.3, -0.25) is 0 Å². The molecule has 0 fully saturated rings. The Hall–Kier alpha value is -9.22. The fraction of sp³-hybridized carbons (Fsp3) is 0.103. The van der Waals surface area contributed by atoms with E-state index < -0.39 is 5.41 Å². The lowest BCUT2D eigenvalue weighted by molar-refractivity contribution is 0.518. The number of nitrogens with zero attached hydrogens (tertiary/aromatic N) is 3. The van der Waals surface area contributed by atoms with Crippen LogP contribution in [0.1, 0.15) is 67.0 Å². The number of rotatable bonds is 11. The Labute approximate surface area is 490 Å². The fourth-order valence-electron chi connectivity index (χ4n) is 13.2. The summed E-state index contributed by atoms with van der Waals surface area (Å²) in [6.07, 6.45) is 11.3. The molecule has 14 rings (SSSR count). The summed E-state index contributed by atoms with van der Waals surface area (Å²) in [5.41, 5.74) is 24.9. The quantitative estimate of drug-likeness (QED) is 0.120. The molecular formula is C78H62BrN3. The summed E-state index contributed by atoms with van der Waals surface area (Å²) in [7, 11) is 0. The van der Waals surface area contributed by atoms with E-state index in [-0.39, 0.29) is 5.41 Å². The molecule has 1 unspecified atom stereocenters. The maximum absolute atomic E-state index is 4.85. The molecule has 4 heteroatoms. The highest BCUT2D eigenvalue weighted by molar-refractivity contribution is 9.12. The second-order valence-corrected chi connectivity index (χ2v) is 23.9. The van der Waals surface area contributed by atoms with Crippen molar-refractivity contribution in [2.24, 2.45) is 5.41 Å². The largest absolute Gasteiger partial charge is 0.316 e. The zero-order chi connectivity index (χ0) is 55.7. The van der Waals surface area contributed by atoms with Crippen molar-refractivity contribution in [2.75, 3.05) is 9.80 Å². The smallest absolute Gasteiger partial charge is 0.0727 e. The third-order valence-corrected chi connectivity index (χ3v) is 17.8. The molecule has 1 heterocycles. The molecule has 3 aliphatic carbocycles. The van der Waals surface area contributed by atoms with Crippen LogP contribution in [-0.2, 0) is 5.41 Å². The first-order valence-corrected chi connectivity index (χ1v) is 29.4. The molecule has 1 spiro atoms. The van der Waals surface area contributed by atoms with Crippen LogP contribution in [0, 0.1) is 12.3 Å². The third-order valence-electron chi connectivity index (χ3n) is 17.1. The van der Waals surface area contributed by atoms with Crippen LogP contribution in [0.25, 0.3) is 66.4 Å². The number of halogens is 1. The highest BCUT2D eigenvalue weighted by atomic mass is 79.9. The third kappa shape index (κ3) is 8.38. The van der Waals surface area contributed by atoms with E-state index in [1.807, 2.05) is 0 Å². The average Bonchev–Trinajstić information content (AvgIpc) is 2.35. The van der Waals surface area contributed by atoms with E-state index in [4.69, 9.17) is 6.58 Å². The van der Waals surface area contributed by atoms with Crippen molar-refractivity contribution in [3.05, 3.63) is 328 Å². The number of benzene rings is 10. The van der Waals surface area contributed by atoms with Crippen molar-refractivity contribution in [2.45, 2.75) is 46.0 Å². The molecular weight excluding hydrogens is 1060 g/mol. The second-order valence-electron chi connectivity index (χ2n) is 23.0. The number of para-hydroxylation sites is 2. The molecule has 1 aromatic heterocycles. The van der Waals surface area contributed by atoms with E-state index in [1.165, 1.54) is 94.1 Å². The molecule has 396 valence electrons. The lowest BCUT2D eigenvalue weighted by Gasteiger charge is -2.34. The zero-order valence-corrected chi connectivity index (χ0v) is 48.3. The number of aryl methyl sites for hydroxylation is 1. The Balaban J connectivity index is 1.01. The average molecular weight is 1120 g/mol. The molecule has 0 saturated heterocycles. The molecule has 0 radical (unpaired) electrons. The Morgan fingerprint density at radius 1 is 0.524 bits per heavy atom. The van der Waals surface area contributed by atoms with Crippen LogP contribution in [0.4, 0.5) is 17.1 Å². The van der Waals surface area contributed by atoms with Crippen molar-refractivity contribution >= 4 is 60.4 Å². The molecule has 11 aromatic rings. The molecule has 1 atom stereocenters. The Morgan fingerprint density at radius 2 is 1.10 bits per heavy atom. The summed E-state index contributed by atoms with van der Waals surface area (Å²) in [6, 6.07) is 89.7. The lowest BCUT2D eigenvalue weighted by Crippen LogP contribution is -2.26. The van der Waals surface area contributed by atoms with E-state index in [2.05, 4.69) is 325 Å². The molecule has 0 aliphatic heterocycles. The van der Waals surface area contributed by atoms with Gasteiger partial charge in [-0.1, -0.05) is 228 Å². The first-order valence-electron chi connectivity index (χ1n) is 28.6. The number of aromatic nitrogens is 1. The van der Waals surface area contributed by atoms with E-state index in [9.17, 15) is 0 Å². The van der Waals surface area contributed by atoms with Crippen molar-refractivity contribution in [3.8, 4) is 39.1 Å². The van der Waals surface area contributed by atoms with Crippen LogP contribution in [0.15, 0.2) is 295 Å². The van der Waals surface area contributed by atoms with Crippen molar-refractivity contribution in [3.63, 3.8) is 0 Å². The van der Waals surface area contributed by atoms with Crippen LogP contribution in [0.5, 0.6) is 0 Å². The standard InChI is InChI=1S/C78H62BrN3/c1-52-24-22-29-58(48-52)82(75(49-53(2)77(3,4)5)70(79)51-80(57-44-42-55(43-45-57)54-25-8-6-9-26-54)71-38-19-14-30-60(71)56-27-10-7-11-28-56)74-41-23-37-68-76(74)65-34-13-18-36-67(65)78(68)66-35-17-12-31-61(66)62-47-46-59(50-69(62)78)81-72-39-20-15-32-63(72)64-33-16-21-40-73(64)81/h6-13,15-18,20-51H,2,14,19H2,1,3-5H3/b70-51-,75-49+. The Bertz CT molecular complexity index is 4420. The van der Waals surface area contributed by atoms with Gasteiger partial charge in [0.15, 0.2) is 0 Å². The van der Waals surface area contributed by atoms with Gasteiger partial charge in [-0.25, -0.2) is 0 Å². The Morgan fingerprint density at radius 3 is 1.79 bits per heavy atom. The topological polar surface area (TPSA) is 11.4 Å². The molecule has 0 N–H and O–H groups in total. The van der Waals surface area contributed by atoms with Gasteiger partial charge in [-0.15, -0.1) is 0 Å². The van der Waals surface area contributed by atoms with Crippen LogP contribution >= 0.6 is 15.9 Å². The molecule has 0 bridgehead atoms. The van der Waals surface area contributed by atoms with Crippen LogP contribution in [0.2, 0.25) is 0 Å². The van der Waals surface area contributed by atoms with E-state index >= 15 is 0 Å². The van der Waals surface area contributed by atoms with Gasteiger partial charge < -0.3 is 14.4 Å². The number of fused-ring (bicyclic) bond motifs is 13. The van der Waals surface area contributed by atoms with Crippen LogP contribution in [0.3, 0.4) is 0 Å². The molecule has 3 nitrogen and oxygen atoms in total. The van der Waals surface area contributed by atoms with Crippen molar-refractivity contribution in [1.29, 1.82) is 0 Å². The van der Waals surface area contributed by atoms with Gasteiger partial charge in [0.1, 0.15) is 0 Å². The zero-order valence-electron chi connectivity index (χ0n) is 46.7. The summed E-state index contributed by atoms with van der Waals surface area (Å²) in [6.45, 7) is 13.8. The normalized spacial score (nSPS) is 15.4. The lowest BCUT2D eigenvalue weighted by atomic mass is 9.70. The predicted octanol–water partition coefficient (Wildman–Crippen LogP) is 21.2. The molecule has 10 aromatic carbocycles. The summed E-state index contributed by atoms with van der Waals surface area (Å²) < 4.78 is 3.36. The molecule has 3 aliphatic rings. The summed E-state index contributed by atoms with van der Waals surface area (Å²) in [4.78, 5) is 4.88. The molecule has 0 amide bonds. The monoisotopic (exact) mass is 1120 g/mol. The van der Waals surface area contributed by atoms with Crippen molar-refractivity contribution in [1.82, 2.24) is 4.57 Å². The van der Waals surface area contributed by atoms with Gasteiger partial charge in [-0.2, -0.15) is 0 Å². The molecule has 82 heavy (non-hydrogen) atoms. The van der Waals surface area contributed by atoms with Gasteiger partial charge in [0.2, 0.25) is 0 Å². The van der Waals surface area contributed by atoms with E-state index in [0.717, 1.165) is 57.0 Å². The van der Waals surface area contributed by atoms with E-state index in [1.54, 1.807) is 0 Å². The van der Waals surface area contributed by atoms with Gasteiger partial charge in [0.05, 0.1) is 32.3 Å². The number of anilines is 3. The summed E-state index contributed by atoms with van der Waals surface area (Å²) >= 11 is 4.44. The highest BCUT2D eigenvalue weighted by Gasteiger charge is 2.53. The highest BCUT2D eigenvalue weighted by Crippen LogP contribution is 2.65. The summed E-state index contributed by atoms with van der Waals surface area (Å²) in [5, 5.41) is 2.50. The first kappa shape index (κ1) is 51.0. The fourth-order valence-corrected chi connectivity index (χ4v) is 13.7. The maximum atomic E-state index is 4.85. The number of allylic oxidation sites excluding steroid dienone is 6. The van der Waals surface area contributed by atoms with Crippen molar-refractivity contribution < 1.29 is 0 Å². The minimum absolute atomic E-state index is 0.250. The predicted molar refractivity (Wildman–Crippen MR) is 350 cm³/mol. The number of hydrogen-bond donors (Lipinski definition) is 0. The van der Waals surface area contributed by atoms with Crippen LogP contribution < -0.4 is 9.80 Å². The van der Waals surface area contributed by atoms with Gasteiger partial charge in [0.25, 0.3) is 0 Å².